The molecule has 0 unspecified atom stereocenters. The second-order valence-corrected chi connectivity index (χ2v) is 2.25. The molecule has 1 aromatic heterocycles. The van der Waals surface area contributed by atoms with Crippen LogP contribution in [-0.4, -0.2) is 5.16 Å². The molecule has 0 aliphatic heterocycles. The maximum Gasteiger partial charge on any atom is 0.248 e. The maximum atomic E-state index is 10.8. The van der Waals surface area contributed by atoms with Gasteiger partial charge in [-0.3, -0.25) is 4.63 Å². The summed E-state index contributed by atoms with van der Waals surface area (Å²) in [5.74, 6) is 0. The maximum absolute atomic E-state index is 10.8. The molecule has 5 nitrogen and oxygen atoms in total. The van der Waals surface area contributed by atoms with E-state index in [1.165, 1.54) is 6.07 Å². The highest BCUT2D eigenvalue weighted by Gasteiger charge is 2.08. The van der Waals surface area contributed by atoms with Gasteiger partial charge in [0.15, 0.2) is 0 Å². The highest BCUT2D eigenvalue weighted by atomic mass is 16.8. The molecule has 1 heterocycles. The summed E-state index contributed by atoms with van der Waals surface area (Å²) in [4.78, 5) is 0.274. The highest BCUT2D eigenvalue weighted by Crippen LogP contribution is 2.08. The Morgan fingerprint density at radius 3 is 3.17 bits per heavy atom. The molecule has 0 amide bonds. The van der Waals surface area contributed by atoms with Gasteiger partial charge in [0.05, 0.1) is 11.6 Å². The summed E-state index contributed by atoms with van der Waals surface area (Å²) in [7, 11) is 0. The zero-order valence-corrected chi connectivity index (χ0v) is 5.89. The van der Waals surface area contributed by atoms with Crippen LogP contribution in [0.5, 0.6) is 0 Å². The summed E-state index contributed by atoms with van der Waals surface area (Å²) < 4.78 is 4.32. The Labute approximate surface area is 67.0 Å². The van der Waals surface area contributed by atoms with Gasteiger partial charge >= 0.3 is 0 Å². The Bertz CT molecular complexity index is 469. The topological polar surface area (TPSA) is 76.8 Å². The molecule has 58 valence electrons. The van der Waals surface area contributed by atoms with Gasteiger partial charge in [-0.05, 0) is 17.0 Å². The number of aromatic nitrogens is 2. The Morgan fingerprint density at radius 1 is 1.58 bits per heavy atom. The number of nitriles is 1. The van der Waals surface area contributed by atoms with Crippen molar-refractivity contribution in [2.75, 3.05) is 0 Å². The van der Waals surface area contributed by atoms with Gasteiger partial charge in [-0.15, -0.1) is 0 Å². The third-order valence-electron chi connectivity index (χ3n) is 1.51. The van der Waals surface area contributed by atoms with Crippen LogP contribution in [0.25, 0.3) is 11.0 Å². The van der Waals surface area contributed by atoms with E-state index in [0.717, 1.165) is 0 Å². The first-order valence-electron chi connectivity index (χ1n) is 3.21. The number of benzene rings is 1. The van der Waals surface area contributed by atoms with Crippen molar-refractivity contribution in [1.82, 2.24) is 5.16 Å². The molecule has 0 saturated heterocycles. The molecule has 5 heteroatoms. The molecule has 0 saturated carbocycles. The fourth-order valence-corrected chi connectivity index (χ4v) is 0.941. The van der Waals surface area contributed by atoms with E-state index < -0.39 is 0 Å². The predicted molar refractivity (Wildman–Crippen MR) is 37.7 cm³/mol. The fraction of sp³-hybridized carbons (Fsp3) is 0. The Kier molecular flexibility index (Phi) is 1.21. The molecule has 0 radical (unpaired) electrons. The molecule has 0 N–H and O–H groups in total. The van der Waals surface area contributed by atoms with E-state index in [4.69, 9.17) is 5.26 Å². The second kappa shape index (κ2) is 2.20. The van der Waals surface area contributed by atoms with Gasteiger partial charge in [-0.25, -0.2) is 0 Å². The number of hydrogen-bond donors (Lipinski definition) is 0. The first-order valence-corrected chi connectivity index (χ1v) is 3.21. The van der Waals surface area contributed by atoms with Crippen molar-refractivity contribution in [3.8, 4) is 6.07 Å². The zero-order chi connectivity index (χ0) is 8.55. The minimum absolute atomic E-state index is 0.272. The SMILES string of the molecule is N#Cc1ccc2no[n+]([O-])c2c1. The third-order valence-corrected chi connectivity index (χ3v) is 1.51. The normalized spacial score (nSPS) is 9.92. The minimum Gasteiger partial charge on any atom is -0.359 e. The lowest BCUT2D eigenvalue weighted by atomic mass is 10.2. The van der Waals surface area contributed by atoms with Gasteiger partial charge in [-0.1, -0.05) is 0 Å². The van der Waals surface area contributed by atoms with Gasteiger partial charge in [0, 0.05) is 11.2 Å². The van der Waals surface area contributed by atoms with E-state index in [-0.39, 0.29) is 10.4 Å². The van der Waals surface area contributed by atoms with Gasteiger partial charge in [-0.2, -0.15) is 5.26 Å². The number of rotatable bonds is 0. The van der Waals surface area contributed by atoms with Gasteiger partial charge in [0.1, 0.15) is 0 Å². The van der Waals surface area contributed by atoms with Crippen LogP contribution in [0.15, 0.2) is 22.8 Å². The van der Waals surface area contributed by atoms with Crippen molar-refractivity contribution < 1.29 is 9.53 Å². The van der Waals surface area contributed by atoms with E-state index in [0.29, 0.717) is 11.1 Å². The standard InChI is InChI=1S/C7H3N3O2/c8-4-5-1-2-6-7(3-5)10(11)12-9-6/h1-3H. The Morgan fingerprint density at radius 2 is 2.42 bits per heavy atom. The van der Waals surface area contributed by atoms with Crippen LogP contribution in [0.2, 0.25) is 0 Å². The van der Waals surface area contributed by atoms with Crippen molar-refractivity contribution in [2.45, 2.75) is 0 Å². The minimum atomic E-state index is 0.272. The third kappa shape index (κ3) is 0.787. The highest BCUT2D eigenvalue weighted by molar-refractivity contribution is 5.71. The second-order valence-electron chi connectivity index (χ2n) is 2.25. The lowest BCUT2D eigenvalue weighted by molar-refractivity contribution is -0.782. The van der Waals surface area contributed by atoms with Crippen LogP contribution >= 0.6 is 0 Å². The van der Waals surface area contributed by atoms with Crippen LogP contribution in [-0.2, 0) is 0 Å². The molecular formula is C7H3N3O2. The average molecular weight is 161 g/mol. The molecular weight excluding hydrogens is 158 g/mol. The molecule has 12 heavy (non-hydrogen) atoms. The van der Waals surface area contributed by atoms with Crippen LogP contribution in [0, 0.1) is 16.5 Å². The zero-order valence-electron chi connectivity index (χ0n) is 5.89. The van der Waals surface area contributed by atoms with Crippen molar-refractivity contribution in [2.24, 2.45) is 0 Å². The quantitative estimate of drug-likeness (QED) is 0.522. The molecule has 0 fully saturated rings. The molecule has 0 aliphatic carbocycles. The van der Waals surface area contributed by atoms with Crippen LogP contribution in [0.4, 0.5) is 0 Å². The summed E-state index contributed by atoms with van der Waals surface area (Å²) in [6.45, 7) is 0. The summed E-state index contributed by atoms with van der Waals surface area (Å²) >= 11 is 0. The van der Waals surface area contributed by atoms with E-state index in [9.17, 15) is 5.21 Å². The van der Waals surface area contributed by atoms with Crippen LogP contribution in [0.1, 0.15) is 5.56 Å². The summed E-state index contributed by atoms with van der Waals surface area (Å²) in [5, 5.41) is 22.8. The lowest BCUT2D eigenvalue weighted by Gasteiger charge is -1.86. The van der Waals surface area contributed by atoms with E-state index in [2.05, 4.69) is 9.79 Å². The summed E-state index contributed by atoms with van der Waals surface area (Å²) in [6, 6.07) is 6.48. The number of fused-ring (bicyclic) bond motifs is 1. The largest absolute Gasteiger partial charge is 0.359 e. The van der Waals surface area contributed by atoms with Gasteiger partial charge < -0.3 is 5.21 Å². The molecule has 0 spiro atoms. The fourth-order valence-electron chi connectivity index (χ4n) is 0.941. The van der Waals surface area contributed by atoms with E-state index >= 15 is 0 Å². The average Bonchev–Trinajstić information content (AvgIpc) is 2.47. The smallest absolute Gasteiger partial charge is 0.248 e. The van der Waals surface area contributed by atoms with Gasteiger partial charge in [0.2, 0.25) is 11.0 Å². The van der Waals surface area contributed by atoms with Gasteiger partial charge in [0.25, 0.3) is 0 Å². The van der Waals surface area contributed by atoms with E-state index in [1.807, 2.05) is 6.07 Å². The Balaban J connectivity index is 2.82. The molecule has 1 aromatic carbocycles. The van der Waals surface area contributed by atoms with E-state index in [1.54, 1.807) is 12.1 Å². The molecule has 2 aromatic rings. The number of nitrogens with zero attached hydrogens (tertiary/aromatic N) is 3. The monoisotopic (exact) mass is 161 g/mol. The lowest BCUT2D eigenvalue weighted by Crippen LogP contribution is -2.22. The molecule has 0 bridgehead atoms. The van der Waals surface area contributed by atoms with Crippen LogP contribution < -0.4 is 4.90 Å². The molecule has 0 aliphatic rings. The van der Waals surface area contributed by atoms with Crippen molar-refractivity contribution in [1.29, 1.82) is 5.26 Å². The van der Waals surface area contributed by atoms with Crippen LogP contribution in [0.3, 0.4) is 0 Å². The number of hydrogen-bond acceptors (Lipinski definition) is 4. The summed E-state index contributed by atoms with van der Waals surface area (Å²) in [5.41, 5.74) is 1.13. The predicted octanol–water partition coefficient (Wildman–Crippen LogP) is 0.333. The van der Waals surface area contributed by atoms with Crippen molar-refractivity contribution in [3.63, 3.8) is 0 Å². The molecule has 2 rings (SSSR count). The first kappa shape index (κ1) is 6.61. The Hall–Kier alpha value is -2.09. The molecule has 0 atom stereocenters. The van der Waals surface area contributed by atoms with Crippen molar-refractivity contribution >= 4 is 11.0 Å². The summed E-state index contributed by atoms with van der Waals surface area (Å²) in [6.07, 6.45) is 0. The van der Waals surface area contributed by atoms with Crippen molar-refractivity contribution in [3.05, 3.63) is 29.0 Å². The first-order chi connectivity index (χ1) is 5.81.